The Morgan fingerprint density at radius 1 is 0.639 bits per heavy atom. The van der Waals surface area contributed by atoms with Crippen LogP contribution in [-0.2, 0) is 0 Å². The van der Waals surface area contributed by atoms with Crippen LogP contribution in [0.2, 0.25) is 0 Å². The zero-order valence-electron chi connectivity index (χ0n) is 20.6. The van der Waals surface area contributed by atoms with E-state index in [-0.39, 0.29) is 6.17 Å². The van der Waals surface area contributed by atoms with Crippen LogP contribution in [0.25, 0.3) is 32.9 Å². The van der Waals surface area contributed by atoms with Crippen LogP contribution in [0.4, 0.5) is 0 Å². The fraction of sp³-hybridized carbons (Fsp3) is 0.250. The summed E-state index contributed by atoms with van der Waals surface area (Å²) in [6, 6.07) is 35.2. The van der Waals surface area contributed by atoms with Gasteiger partial charge >= 0.3 is 0 Å². The molecule has 1 N–H and O–H groups in total. The largest absolute Gasteiger partial charge is 0.390 e. The van der Waals surface area contributed by atoms with E-state index in [1.54, 1.807) is 0 Å². The van der Waals surface area contributed by atoms with Gasteiger partial charge in [0, 0.05) is 37.0 Å². The normalized spacial score (nSPS) is 18.4. The van der Waals surface area contributed by atoms with Crippen LogP contribution in [0.1, 0.15) is 30.3 Å². The molecule has 1 aliphatic carbocycles. The summed E-state index contributed by atoms with van der Waals surface area (Å²) in [5.41, 5.74) is 7.94. The van der Waals surface area contributed by atoms with Crippen molar-refractivity contribution in [3.05, 3.63) is 108 Å². The molecule has 0 bridgehead atoms. The summed E-state index contributed by atoms with van der Waals surface area (Å²) in [4.78, 5) is 5.11. The molecule has 0 saturated carbocycles. The lowest BCUT2D eigenvalue weighted by Crippen LogP contribution is -2.51. The highest BCUT2D eigenvalue weighted by atomic mass is 16.3. The number of para-hydroxylation sites is 2. The Morgan fingerprint density at radius 3 is 1.64 bits per heavy atom. The lowest BCUT2D eigenvalue weighted by Gasteiger charge is -2.43. The highest BCUT2D eigenvalue weighted by molar-refractivity contribution is 6.08. The number of aromatic nitrogens is 1. The standard InChI is InChI=1S/C32H31N3O/c1-22(36)32(35-29-16-8-6-12-25(29)26-13-7-9-17-30(26)35)34-20-18-33(19-21-34)31-27-14-4-2-10-23(27)24-11-3-5-15-28(24)31/h2-17,22,31-32,36H,18-21H2,1H3. The first-order chi connectivity index (χ1) is 17.7. The Morgan fingerprint density at radius 2 is 1.11 bits per heavy atom. The van der Waals surface area contributed by atoms with Crippen LogP contribution >= 0.6 is 0 Å². The number of nitrogens with zero attached hydrogens (tertiary/aromatic N) is 3. The molecule has 0 amide bonds. The molecule has 2 unspecified atom stereocenters. The Balaban J connectivity index is 1.23. The van der Waals surface area contributed by atoms with Crippen LogP contribution in [0, 0.1) is 0 Å². The molecular weight excluding hydrogens is 442 g/mol. The summed E-state index contributed by atoms with van der Waals surface area (Å²) in [5, 5.41) is 13.6. The van der Waals surface area contributed by atoms with Gasteiger partial charge in [0.05, 0.1) is 23.2 Å². The van der Waals surface area contributed by atoms with E-state index in [4.69, 9.17) is 0 Å². The van der Waals surface area contributed by atoms with Gasteiger partial charge in [-0.15, -0.1) is 0 Å². The first-order valence-electron chi connectivity index (χ1n) is 13.0. The molecule has 1 aliphatic heterocycles. The lowest BCUT2D eigenvalue weighted by molar-refractivity contribution is -0.0103. The van der Waals surface area contributed by atoms with Crippen molar-refractivity contribution in [2.75, 3.05) is 26.2 Å². The predicted octanol–water partition coefficient (Wildman–Crippen LogP) is 6.06. The average Bonchev–Trinajstić information content (AvgIpc) is 3.43. The Hall–Kier alpha value is -3.44. The third-order valence-electron chi connectivity index (χ3n) is 8.20. The van der Waals surface area contributed by atoms with Gasteiger partial charge < -0.3 is 9.67 Å². The van der Waals surface area contributed by atoms with Gasteiger partial charge in [-0.25, -0.2) is 0 Å². The van der Waals surface area contributed by atoms with E-state index in [0.717, 1.165) is 26.2 Å². The van der Waals surface area contributed by atoms with Crippen LogP contribution in [0.15, 0.2) is 97.1 Å². The molecule has 5 aromatic rings. The van der Waals surface area contributed by atoms with E-state index >= 15 is 0 Å². The minimum Gasteiger partial charge on any atom is -0.390 e. The Labute approximate surface area is 212 Å². The maximum Gasteiger partial charge on any atom is 0.113 e. The number of aliphatic hydroxyl groups is 1. The minimum absolute atomic E-state index is 0.111. The number of benzene rings is 4. The minimum atomic E-state index is -0.497. The van der Waals surface area contributed by atoms with Crippen LogP contribution in [0.3, 0.4) is 0 Å². The fourth-order valence-electron chi connectivity index (χ4n) is 6.70. The van der Waals surface area contributed by atoms with Gasteiger partial charge in [0.1, 0.15) is 6.17 Å². The predicted molar refractivity (Wildman–Crippen MR) is 147 cm³/mol. The summed E-state index contributed by atoms with van der Waals surface area (Å²) in [6.45, 7) is 5.69. The van der Waals surface area contributed by atoms with E-state index in [2.05, 4.69) is 111 Å². The van der Waals surface area contributed by atoms with Crippen molar-refractivity contribution in [3.8, 4) is 11.1 Å². The average molecular weight is 474 g/mol. The maximum absolute atomic E-state index is 11.1. The Kier molecular flexibility index (Phi) is 5.21. The number of hydrogen-bond donors (Lipinski definition) is 1. The topological polar surface area (TPSA) is 31.6 Å². The molecule has 4 nitrogen and oxygen atoms in total. The van der Waals surface area contributed by atoms with E-state index in [9.17, 15) is 5.11 Å². The fourth-order valence-corrected chi connectivity index (χ4v) is 6.70. The summed E-state index contributed by atoms with van der Waals surface area (Å²) >= 11 is 0. The number of fused-ring (bicyclic) bond motifs is 6. The van der Waals surface area contributed by atoms with Crippen molar-refractivity contribution < 1.29 is 5.11 Å². The number of piperazine rings is 1. The van der Waals surface area contributed by atoms with Gasteiger partial charge in [-0.1, -0.05) is 84.9 Å². The highest BCUT2D eigenvalue weighted by Crippen LogP contribution is 2.46. The molecule has 1 aromatic heterocycles. The molecule has 2 aliphatic rings. The van der Waals surface area contributed by atoms with Gasteiger partial charge in [-0.3, -0.25) is 9.80 Å². The van der Waals surface area contributed by atoms with E-state index < -0.39 is 6.10 Å². The number of rotatable bonds is 4. The van der Waals surface area contributed by atoms with Crippen LogP contribution in [0.5, 0.6) is 0 Å². The number of aliphatic hydroxyl groups excluding tert-OH is 1. The van der Waals surface area contributed by atoms with Crippen molar-refractivity contribution >= 4 is 21.8 Å². The van der Waals surface area contributed by atoms with E-state index in [0.29, 0.717) is 6.04 Å². The first kappa shape index (κ1) is 21.8. The molecule has 4 aromatic carbocycles. The highest BCUT2D eigenvalue weighted by Gasteiger charge is 2.36. The van der Waals surface area contributed by atoms with E-state index in [1.165, 1.54) is 44.1 Å². The molecule has 36 heavy (non-hydrogen) atoms. The zero-order chi connectivity index (χ0) is 24.2. The summed E-state index contributed by atoms with van der Waals surface area (Å²) in [5.74, 6) is 0. The van der Waals surface area contributed by atoms with Crippen molar-refractivity contribution in [2.45, 2.75) is 25.2 Å². The third kappa shape index (κ3) is 3.26. The van der Waals surface area contributed by atoms with Crippen molar-refractivity contribution in [2.24, 2.45) is 0 Å². The molecule has 2 atom stereocenters. The third-order valence-corrected chi connectivity index (χ3v) is 8.20. The molecule has 1 fully saturated rings. The molecular formula is C32H31N3O. The van der Waals surface area contributed by atoms with Crippen LogP contribution < -0.4 is 0 Å². The Bertz CT molecular complexity index is 1460. The molecule has 180 valence electrons. The molecule has 0 spiro atoms. The first-order valence-corrected chi connectivity index (χ1v) is 13.0. The molecule has 7 rings (SSSR count). The molecule has 4 heteroatoms. The zero-order valence-corrected chi connectivity index (χ0v) is 20.6. The molecule has 1 saturated heterocycles. The lowest BCUT2D eigenvalue weighted by atomic mass is 10.0. The van der Waals surface area contributed by atoms with Crippen molar-refractivity contribution in [1.29, 1.82) is 0 Å². The van der Waals surface area contributed by atoms with Crippen molar-refractivity contribution in [1.82, 2.24) is 14.4 Å². The number of hydrogen-bond acceptors (Lipinski definition) is 3. The van der Waals surface area contributed by atoms with Crippen molar-refractivity contribution in [3.63, 3.8) is 0 Å². The van der Waals surface area contributed by atoms with E-state index in [1.807, 2.05) is 6.92 Å². The molecule has 0 radical (unpaired) electrons. The van der Waals surface area contributed by atoms with Gasteiger partial charge in [0.25, 0.3) is 0 Å². The van der Waals surface area contributed by atoms with Crippen LogP contribution in [-0.4, -0.2) is 51.8 Å². The second-order valence-electron chi connectivity index (χ2n) is 10.2. The maximum atomic E-state index is 11.1. The van der Waals surface area contributed by atoms with Gasteiger partial charge in [0.15, 0.2) is 0 Å². The van der Waals surface area contributed by atoms with Gasteiger partial charge in [-0.05, 0) is 41.3 Å². The summed E-state index contributed by atoms with van der Waals surface area (Å²) in [6.07, 6.45) is -0.608. The van der Waals surface area contributed by atoms with Gasteiger partial charge in [0.2, 0.25) is 0 Å². The monoisotopic (exact) mass is 473 g/mol. The second kappa shape index (κ2) is 8.59. The SMILES string of the molecule is CC(O)C(N1CCN(C2c3ccccc3-c3ccccc32)CC1)n1c2ccccc2c2ccccc21. The quantitative estimate of drug-likeness (QED) is 0.344. The molecule has 2 heterocycles. The smallest absolute Gasteiger partial charge is 0.113 e. The second-order valence-corrected chi connectivity index (χ2v) is 10.2. The summed E-state index contributed by atoms with van der Waals surface area (Å²) in [7, 11) is 0. The van der Waals surface area contributed by atoms with Gasteiger partial charge in [-0.2, -0.15) is 0 Å². The summed E-state index contributed by atoms with van der Waals surface area (Å²) < 4.78 is 2.37.